The average Bonchev–Trinajstić information content (AvgIpc) is 3.50. The zero-order valence-corrected chi connectivity index (χ0v) is 25.5. The van der Waals surface area contributed by atoms with Crippen molar-refractivity contribution in [2.45, 2.75) is 65.3 Å². The molecule has 2 fully saturated rings. The predicted octanol–water partition coefficient (Wildman–Crippen LogP) is 4.11. The number of nitrogens with zero attached hydrogens (tertiary/aromatic N) is 2. The average molecular weight is 617 g/mol. The molecule has 0 aliphatic carbocycles. The Morgan fingerprint density at radius 1 is 0.705 bits per heavy atom. The van der Waals surface area contributed by atoms with Crippen LogP contribution >= 0.6 is 0 Å². The minimum Gasteiger partial charge on any atom is -0.464 e. The maximum Gasteiger partial charge on any atom is 0.410 e. The number of carbonyl (C=O) groups excluding carboxylic acids is 4. The number of alkyl halides is 1. The Balaban J connectivity index is 0.000000240. The molecule has 12 heteroatoms. The molecule has 2 amide bonds. The van der Waals surface area contributed by atoms with Gasteiger partial charge in [-0.15, -0.1) is 0 Å². The molecule has 4 rings (SSSR count). The van der Waals surface area contributed by atoms with Crippen molar-refractivity contribution < 1.29 is 47.6 Å². The van der Waals surface area contributed by atoms with Gasteiger partial charge in [-0.25, -0.2) is 23.6 Å². The lowest BCUT2D eigenvalue weighted by atomic mass is 10.0. The third kappa shape index (κ3) is 8.91. The molecular formula is C32H41FN2O9. The molecule has 4 unspecified atom stereocenters. The van der Waals surface area contributed by atoms with Gasteiger partial charge in [0, 0.05) is 11.8 Å². The number of benzene rings is 2. The molecule has 11 nitrogen and oxygen atoms in total. The van der Waals surface area contributed by atoms with E-state index in [1.54, 1.807) is 27.7 Å². The highest BCUT2D eigenvalue weighted by Crippen LogP contribution is 2.29. The summed E-state index contributed by atoms with van der Waals surface area (Å²) in [6, 6.07) is 16.7. The fourth-order valence-electron chi connectivity index (χ4n) is 5.04. The molecule has 2 saturated heterocycles. The summed E-state index contributed by atoms with van der Waals surface area (Å²) < 4.78 is 34.2. The molecule has 2 aromatic rings. The van der Waals surface area contributed by atoms with E-state index in [1.165, 1.54) is 4.90 Å². The summed E-state index contributed by atoms with van der Waals surface area (Å²) in [5, 5.41) is 9.93. The van der Waals surface area contributed by atoms with Gasteiger partial charge in [-0.2, -0.15) is 0 Å². The SMILES string of the molecule is CCOC(=O)[C@@H]1C(C)C(F)CN1C(=O)OCc1ccccc1.CCOC(=O)[C@@H]1C(C)C(O)CN1C(=O)OCc1ccccc1. The van der Waals surface area contributed by atoms with E-state index in [-0.39, 0.29) is 45.4 Å². The first-order chi connectivity index (χ1) is 21.1. The van der Waals surface area contributed by atoms with Crippen molar-refractivity contribution in [3.63, 3.8) is 0 Å². The molecule has 1 N–H and O–H groups in total. The van der Waals surface area contributed by atoms with Crippen LogP contribution in [0.5, 0.6) is 0 Å². The summed E-state index contributed by atoms with van der Waals surface area (Å²) >= 11 is 0. The van der Waals surface area contributed by atoms with Gasteiger partial charge in [-0.05, 0) is 25.0 Å². The van der Waals surface area contributed by atoms with Gasteiger partial charge in [0.15, 0.2) is 0 Å². The smallest absolute Gasteiger partial charge is 0.410 e. The summed E-state index contributed by atoms with van der Waals surface area (Å²) in [6.07, 6.45) is -3.35. The predicted molar refractivity (Wildman–Crippen MR) is 157 cm³/mol. The number of amides is 2. The molecule has 0 spiro atoms. The lowest BCUT2D eigenvalue weighted by Crippen LogP contribution is -2.44. The summed E-state index contributed by atoms with van der Waals surface area (Å²) in [5.41, 5.74) is 1.68. The number of β-amino-alcohol motifs (C(OH)–C–C–N with tert-alkyl or cyclic N) is 1. The molecular weight excluding hydrogens is 575 g/mol. The van der Waals surface area contributed by atoms with Gasteiger partial charge in [0.1, 0.15) is 31.5 Å². The van der Waals surface area contributed by atoms with E-state index in [1.807, 2.05) is 60.7 Å². The van der Waals surface area contributed by atoms with E-state index in [0.29, 0.717) is 0 Å². The minimum absolute atomic E-state index is 0.0677. The van der Waals surface area contributed by atoms with E-state index in [4.69, 9.17) is 18.9 Å². The molecule has 0 bridgehead atoms. The number of aliphatic hydroxyl groups is 1. The molecule has 2 aliphatic heterocycles. The van der Waals surface area contributed by atoms with E-state index in [9.17, 15) is 28.7 Å². The third-order valence-electron chi connectivity index (χ3n) is 7.54. The van der Waals surface area contributed by atoms with E-state index in [0.717, 1.165) is 16.0 Å². The molecule has 0 saturated carbocycles. The lowest BCUT2D eigenvalue weighted by Gasteiger charge is -2.24. The number of rotatable bonds is 8. The number of aliphatic hydroxyl groups excluding tert-OH is 1. The summed E-state index contributed by atoms with van der Waals surface area (Å²) in [7, 11) is 0. The van der Waals surface area contributed by atoms with Gasteiger partial charge < -0.3 is 24.1 Å². The van der Waals surface area contributed by atoms with Crippen molar-refractivity contribution in [2.75, 3.05) is 26.3 Å². The van der Waals surface area contributed by atoms with Crippen molar-refractivity contribution >= 4 is 24.1 Å². The van der Waals surface area contributed by atoms with Crippen LogP contribution in [0.15, 0.2) is 60.7 Å². The van der Waals surface area contributed by atoms with Crippen LogP contribution in [0.4, 0.5) is 14.0 Å². The van der Waals surface area contributed by atoms with Crippen LogP contribution in [0.25, 0.3) is 0 Å². The van der Waals surface area contributed by atoms with Crippen LogP contribution in [0.3, 0.4) is 0 Å². The third-order valence-corrected chi connectivity index (χ3v) is 7.54. The monoisotopic (exact) mass is 616 g/mol. The highest BCUT2D eigenvalue weighted by atomic mass is 19.1. The quantitative estimate of drug-likeness (QED) is 0.344. The second-order valence-electron chi connectivity index (χ2n) is 10.6. The first kappa shape index (κ1) is 34.3. The minimum atomic E-state index is -1.27. The second-order valence-corrected chi connectivity index (χ2v) is 10.6. The number of likely N-dealkylation sites (tertiary alicyclic amines) is 2. The van der Waals surface area contributed by atoms with E-state index >= 15 is 0 Å². The van der Waals surface area contributed by atoms with E-state index < -0.39 is 54.4 Å². The first-order valence-electron chi connectivity index (χ1n) is 14.7. The Kier molecular flexibility index (Phi) is 12.9. The topological polar surface area (TPSA) is 132 Å². The lowest BCUT2D eigenvalue weighted by molar-refractivity contribution is -0.150. The molecule has 44 heavy (non-hydrogen) atoms. The van der Waals surface area contributed by atoms with Crippen molar-refractivity contribution in [2.24, 2.45) is 11.8 Å². The summed E-state index contributed by atoms with van der Waals surface area (Å²) in [6.45, 7) is 7.21. The summed E-state index contributed by atoms with van der Waals surface area (Å²) in [5.74, 6) is -2.10. The number of esters is 2. The molecule has 0 radical (unpaired) electrons. The van der Waals surface area contributed by atoms with Gasteiger partial charge in [0.25, 0.3) is 0 Å². The van der Waals surface area contributed by atoms with Crippen LogP contribution in [0, 0.1) is 11.8 Å². The molecule has 2 aliphatic rings. The molecule has 2 aromatic carbocycles. The molecule has 240 valence electrons. The van der Waals surface area contributed by atoms with Crippen LogP contribution in [0.2, 0.25) is 0 Å². The Hall–Kier alpha value is -4.19. The zero-order valence-electron chi connectivity index (χ0n) is 25.5. The standard InChI is InChI=1S/C16H20FNO4.C16H21NO5/c1-3-21-15(19)14-11(2)13(17)9-18(14)16(20)22-10-12-7-5-4-6-8-12;1-3-21-15(19)14-11(2)13(18)9-17(14)16(20)22-10-12-7-5-4-6-8-12/h4-8,11,13-14H,3,9-10H2,1-2H3;4-8,11,13-14,18H,3,9-10H2,1-2H3/t2*11?,13?,14-/m00/s1. The van der Waals surface area contributed by atoms with Gasteiger partial charge >= 0.3 is 24.1 Å². The molecule has 2 heterocycles. The number of hydrogen-bond acceptors (Lipinski definition) is 9. The van der Waals surface area contributed by atoms with Crippen molar-refractivity contribution in [1.82, 2.24) is 9.80 Å². The highest BCUT2D eigenvalue weighted by molar-refractivity contribution is 5.83. The number of ether oxygens (including phenoxy) is 4. The van der Waals surface area contributed by atoms with E-state index in [2.05, 4.69) is 0 Å². The Morgan fingerprint density at radius 2 is 1.11 bits per heavy atom. The molecule has 0 aromatic heterocycles. The number of hydrogen-bond donors (Lipinski definition) is 1. The highest BCUT2D eigenvalue weighted by Gasteiger charge is 2.48. The Bertz CT molecular complexity index is 1140. The maximum atomic E-state index is 13.9. The van der Waals surface area contributed by atoms with Crippen molar-refractivity contribution in [1.29, 1.82) is 0 Å². The largest absolute Gasteiger partial charge is 0.464 e. The second kappa shape index (κ2) is 16.6. The number of carbonyl (C=O) groups is 4. The zero-order chi connectivity index (χ0) is 32.2. The first-order valence-corrected chi connectivity index (χ1v) is 14.7. The van der Waals surface area contributed by atoms with Gasteiger partial charge in [0.05, 0.1) is 32.4 Å². The van der Waals surface area contributed by atoms with Crippen LogP contribution in [0.1, 0.15) is 38.8 Å². The van der Waals surface area contributed by atoms with Crippen molar-refractivity contribution in [3.05, 3.63) is 71.8 Å². The Morgan fingerprint density at radius 3 is 1.55 bits per heavy atom. The normalized spacial score (nSPS) is 24.1. The van der Waals surface area contributed by atoms with Gasteiger partial charge in [0.2, 0.25) is 0 Å². The fourth-order valence-corrected chi connectivity index (χ4v) is 5.04. The number of halogens is 1. The fraction of sp³-hybridized carbons (Fsp3) is 0.500. The van der Waals surface area contributed by atoms with Crippen LogP contribution in [-0.4, -0.2) is 89.7 Å². The van der Waals surface area contributed by atoms with Gasteiger partial charge in [-0.3, -0.25) is 9.80 Å². The molecule has 6 atom stereocenters. The van der Waals surface area contributed by atoms with Gasteiger partial charge in [-0.1, -0.05) is 74.5 Å². The maximum absolute atomic E-state index is 13.9. The van der Waals surface area contributed by atoms with Crippen LogP contribution < -0.4 is 0 Å². The van der Waals surface area contributed by atoms with Crippen molar-refractivity contribution in [3.8, 4) is 0 Å². The van der Waals surface area contributed by atoms with Crippen LogP contribution in [-0.2, 0) is 41.8 Å². The summed E-state index contributed by atoms with van der Waals surface area (Å²) in [4.78, 5) is 50.7. The Labute approximate surface area is 256 Å².